The van der Waals surface area contributed by atoms with Crippen LogP contribution in [0.3, 0.4) is 0 Å². The molecule has 15 heavy (non-hydrogen) atoms. The smallest absolute Gasteiger partial charge is 0.0542 e. The monoisotopic (exact) mass is 266 g/mol. The maximum absolute atomic E-state index is 4.09. The highest BCUT2D eigenvalue weighted by molar-refractivity contribution is 9.10. The molecule has 0 saturated carbocycles. The van der Waals surface area contributed by atoms with E-state index < -0.39 is 0 Å². The predicted molar refractivity (Wildman–Crippen MR) is 62.6 cm³/mol. The summed E-state index contributed by atoms with van der Waals surface area (Å²) < 4.78 is 0.965. The van der Waals surface area contributed by atoms with Crippen LogP contribution >= 0.6 is 15.9 Å². The Kier molecular flexibility index (Phi) is 3.01. The Bertz CT molecular complexity index is 427. The van der Waals surface area contributed by atoms with Crippen molar-refractivity contribution >= 4 is 21.6 Å². The van der Waals surface area contributed by atoms with E-state index in [0.717, 1.165) is 15.7 Å². The Labute approximate surface area is 96.3 Å². The van der Waals surface area contributed by atoms with Crippen molar-refractivity contribution in [1.82, 2.24) is 15.2 Å². The Morgan fingerprint density at radius 2 is 2.27 bits per heavy atom. The van der Waals surface area contributed by atoms with E-state index in [-0.39, 0.29) is 6.04 Å². The molecule has 2 heterocycles. The van der Waals surface area contributed by atoms with E-state index in [2.05, 4.69) is 43.4 Å². The van der Waals surface area contributed by atoms with Crippen LogP contribution in [0.5, 0.6) is 0 Å². The Balaban J connectivity index is 2.09. The number of hydrogen-bond acceptors (Lipinski definition) is 3. The van der Waals surface area contributed by atoms with Gasteiger partial charge in [-0.2, -0.15) is 5.10 Å². The summed E-state index contributed by atoms with van der Waals surface area (Å²) in [7, 11) is 0. The third-order valence-corrected chi connectivity index (χ3v) is 2.54. The van der Waals surface area contributed by atoms with Gasteiger partial charge in [-0.25, -0.2) is 0 Å². The maximum atomic E-state index is 4.09. The van der Waals surface area contributed by atoms with Gasteiger partial charge >= 0.3 is 0 Å². The molecule has 0 radical (unpaired) electrons. The number of aromatic nitrogens is 3. The standard InChI is InChI=1S/C10H11BrN4/c1-7(8-3-13-14-4-8)15-10-2-9(11)5-12-6-10/h2-7,15H,1H3,(H,13,14). The van der Waals surface area contributed by atoms with Crippen molar-refractivity contribution in [2.24, 2.45) is 0 Å². The van der Waals surface area contributed by atoms with Crippen LogP contribution in [-0.2, 0) is 0 Å². The minimum atomic E-state index is 0.208. The van der Waals surface area contributed by atoms with Gasteiger partial charge in [-0.15, -0.1) is 0 Å². The van der Waals surface area contributed by atoms with E-state index in [9.17, 15) is 0 Å². The van der Waals surface area contributed by atoms with Crippen LogP contribution in [0.25, 0.3) is 0 Å². The molecule has 2 N–H and O–H groups in total. The fourth-order valence-corrected chi connectivity index (χ4v) is 1.69. The lowest BCUT2D eigenvalue weighted by molar-refractivity contribution is 0.884. The molecule has 0 fully saturated rings. The molecule has 5 heteroatoms. The molecule has 0 aliphatic heterocycles. The topological polar surface area (TPSA) is 53.6 Å². The SMILES string of the molecule is CC(Nc1cncc(Br)c1)c1cn[nH]c1. The molecule has 2 aromatic rings. The molecule has 0 spiro atoms. The zero-order valence-electron chi connectivity index (χ0n) is 8.24. The fraction of sp³-hybridized carbons (Fsp3) is 0.200. The van der Waals surface area contributed by atoms with E-state index in [0.29, 0.717) is 0 Å². The number of anilines is 1. The quantitative estimate of drug-likeness (QED) is 0.899. The lowest BCUT2D eigenvalue weighted by Crippen LogP contribution is -2.05. The first-order valence-corrected chi connectivity index (χ1v) is 5.41. The van der Waals surface area contributed by atoms with Crippen LogP contribution < -0.4 is 5.32 Å². The lowest BCUT2D eigenvalue weighted by Gasteiger charge is -2.12. The third-order valence-electron chi connectivity index (χ3n) is 2.11. The number of rotatable bonds is 3. The molecule has 1 unspecified atom stereocenters. The number of aromatic amines is 1. The molecule has 78 valence electrons. The third kappa shape index (κ3) is 2.56. The molecule has 1 atom stereocenters. The fourth-order valence-electron chi connectivity index (χ4n) is 1.32. The van der Waals surface area contributed by atoms with E-state index in [1.165, 1.54) is 0 Å². The molecule has 0 aliphatic carbocycles. The molecule has 2 aromatic heterocycles. The average molecular weight is 267 g/mol. The molecule has 4 nitrogen and oxygen atoms in total. The minimum Gasteiger partial charge on any atom is -0.377 e. The van der Waals surface area contributed by atoms with Crippen LogP contribution in [0, 0.1) is 0 Å². The van der Waals surface area contributed by atoms with Gasteiger partial charge in [-0.05, 0) is 28.9 Å². The first-order valence-electron chi connectivity index (χ1n) is 4.61. The van der Waals surface area contributed by atoms with Gasteiger partial charge in [0.15, 0.2) is 0 Å². The highest BCUT2D eigenvalue weighted by Crippen LogP contribution is 2.19. The van der Waals surface area contributed by atoms with Crippen molar-refractivity contribution < 1.29 is 0 Å². The summed E-state index contributed by atoms with van der Waals surface area (Å²) in [6.45, 7) is 2.08. The molecule has 0 aliphatic rings. The van der Waals surface area contributed by atoms with E-state index in [4.69, 9.17) is 0 Å². The van der Waals surface area contributed by atoms with Gasteiger partial charge in [-0.1, -0.05) is 0 Å². The van der Waals surface area contributed by atoms with Crippen molar-refractivity contribution in [3.63, 3.8) is 0 Å². The van der Waals surface area contributed by atoms with Crippen LogP contribution in [0.2, 0.25) is 0 Å². The van der Waals surface area contributed by atoms with Gasteiger partial charge in [0.05, 0.1) is 24.1 Å². The summed E-state index contributed by atoms with van der Waals surface area (Å²) >= 11 is 3.38. The largest absolute Gasteiger partial charge is 0.377 e. The molecule has 0 bridgehead atoms. The van der Waals surface area contributed by atoms with Gasteiger partial charge in [0.1, 0.15) is 0 Å². The first kappa shape index (κ1) is 10.2. The van der Waals surface area contributed by atoms with Crippen LogP contribution in [0.1, 0.15) is 18.5 Å². The van der Waals surface area contributed by atoms with Crippen LogP contribution in [0.15, 0.2) is 35.3 Å². The number of nitrogens with one attached hydrogen (secondary N) is 2. The second kappa shape index (κ2) is 4.44. The zero-order valence-corrected chi connectivity index (χ0v) is 9.82. The van der Waals surface area contributed by atoms with Gasteiger partial charge in [-0.3, -0.25) is 10.1 Å². The summed E-state index contributed by atoms with van der Waals surface area (Å²) in [5, 5.41) is 10.0. The summed E-state index contributed by atoms with van der Waals surface area (Å²) in [6, 6.07) is 2.20. The summed E-state index contributed by atoms with van der Waals surface area (Å²) in [4.78, 5) is 4.09. The second-order valence-electron chi connectivity index (χ2n) is 3.29. The minimum absolute atomic E-state index is 0.208. The van der Waals surface area contributed by atoms with Gasteiger partial charge in [0.2, 0.25) is 0 Å². The van der Waals surface area contributed by atoms with E-state index >= 15 is 0 Å². The normalized spacial score (nSPS) is 12.4. The average Bonchev–Trinajstić information content (AvgIpc) is 2.70. The van der Waals surface area contributed by atoms with Gasteiger partial charge < -0.3 is 5.32 Å². The van der Waals surface area contributed by atoms with Gasteiger partial charge in [0, 0.05) is 22.4 Å². The maximum Gasteiger partial charge on any atom is 0.0542 e. The van der Waals surface area contributed by atoms with E-state index in [1.54, 1.807) is 12.4 Å². The molecular weight excluding hydrogens is 256 g/mol. The number of halogens is 1. The lowest BCUT2D eigenvalue weighted by atomic mass is 10.2. The predicted octanol–water partition coefficient (Wildman–Crippen LogP) is 2.74. The number of hydrogen-bond donors (Lipinski definition) is 2. The van der Waals surface area contributed by atoms with Crippen molar-refractivity contribution in [3.8, 4) is 0 Å². The molecule has 0 aromatic carbocycles. The molecule has 0 amide bonds. The van der Waals surface area contributed by atoms with Crippen molar-refractivity contribution in [2.45, 2.75) is 13.0 Å². The number of pyridine rings is 1. The second-order valence-corrected chi connectivity index (χ2v) is 4.21. The van der Waals surface area contributed by atoms with E-state index in [1.807, 2.05) is 18.5 Å². The highest BCUT2D eigenvalue weighted by atomic mass is 79.9. The van der Waals surface area contributed by atoms with Crippen molar-refractivity contribution in [1.29, 1.82) is 0 Å². The summed E-state index contributed by atoms with van der Waals surface area (Å²) in [5.74, 6) is 0. The Morgan fingerprint density at radius 3 is 2.93 bits per heavy atom. The van der Waals surface area contributed by atoms with Crippen molar-refractivity contribution in [3.05, 3.63) is 40.9 Å². The zero-order chi connectivity index (χ0) is 10.7. The molecular formula is C10H11BrN4. The Hall–Kier alpha value is -1.36. The number of nitrogens with zero attached hydrogens (tertiary/aromatic N) is 2. The first-order chi connectivity index (χ1) is 7.25. The number of H-pyrrole nitrogens is 1. The van der Waals surface area contributed by atoms with Crippen molar-refractivity contribution in [2.75, 3.05) is 5.32 Å². The molecule has 2 rings (SSSR count). The Morgan fingerprint density at radius 1 is 1.40 bits per heavy atom. The summed E-state index contributed by atoms with van der Waals surface area (Å²) in [5.41, 5.74) is 2.10. The molecule has 0 saturated heterocycles. The van der Waals surface area contributed by atoms with Crippen LogP contribution in [-0.4, -0.2) is 15.2 Å². The highest BCUT2D eigenvalue weighted by Gasteiger charge is 2.06. The van der Waals surface area contributed by atoms with Gasteiger partial charge in [0.25, 0.3) is 0 Å². The summed E-state index contributed by atoms with van der Waals surface area (Å²) in [6.07, 6.45) is 7.24. The van der Waals surface area contributed by atoms with Crippen LogP contribution in [0.4, 0.5) is 5.69 Å².